The molecule has 1 saturated carbocycles. The van der Waals surface area contributed by atoms with Crippen molar-refractivity contribution in [3.63, 3.8) is 0 Å². The quantitative estimate of drug-likeness (QED) is 0.652. The minimum Gasteiger partial charge on any atom is -0.450 e. The summed E-state index contributed by atoms with van der Waals surface area (Å²) in [6, 6.07) is 13.5. The van der Waals surface area contributed by atoms with Crippen LogP contribution in [0.2, 0.25) is 0 Å². The van der Waals surface area contributed by atoms with Gasteiger partial charge in [0.2, 0.25) is 5.17 Å². The molecule has 1 amide bonds. The second-order valence-corrected chi connectivity index (χ2v) is 9.59. The zero-order valence-electron chi connectivity index (χ0n) is 16.2. The lowest BCUT2D eigenvalue weighted by Crippen LogP contribution is -2.35. The molecule has 1 aromatic carbocycles. The van der Waals surface area contributed by atoms with Crippen molar-refractivity contribution in [2.45, 2.75) is 42.4 Å². The first-order valence-electron chi connectivity index (χ1n) is 9.99. The molecule has 2 aromatic rings. The number of hydrogen-bond donors (Lipinski definition) is 1. The molecule has 1 fully saturated rings. The molecule has 8 heteroatoms. The van der Waals surface area contributed by atoms with Crippen LogP contribution in [0.4, 0.5) is 0 Å². The molecule has 0 atom stereocenters. The van der Waals surface area contributed by atoms with Gasteiger partial charge in [-0.05, 0) is 42.8 Å². The fourth-order valence-electron chi connectivity index (χ4n) is 3.65. The Morgan fingerprint density at radius 2 is 1.93 bits per heavy atom. The predicted octanol–water partition coefficient (Wildman–Crippen LogP) is 5.37. The number of rotatable bonds is 4. The van der Waals surface area contributed by atoms with Gasteiger partial charge in [0.05, 0.1) is 5.57 Å². The van der Waals surface area contributed by atoms with Crippen LogP contribution in [0.25, 0.3) is 6.08 Å². The third-order valence-electron chi connectivity index (χ3n) is 5.20. The molecule has 2 aliphatic heterocycles. The Balaban J connectivity index is 1.36. The number of benzene rings is 1. The minimum atomic E-state index is -0.443. The van der Waals surface area contributed by atoms with Crippen LogP contribution in [0, 0.1) is 5.41 Å². The van der Waals surface area contributed by atoms with Crippen LogP contribution >= 0.6 is 23.5 Å². The van der Waals surface area contributed by atoms with Gasteiger partial charge in [-0.15, -0.1) is 0 Å². The monoisotopic (exact) mass is 436 g/mol. The van der Waals surface area contributed by atoms with Crippen molar-refractivity contribution < 1.29 is 9.21 Å². The van der Waals surface area contributed by atoms with Gasteiger partial charge in [-0.3, -0.25) is 10.2 Å². The number of carbonyl (C=O) groups is 1. The van der Waals surface area contributed by atoms with Crippen molar-refractivity contribution in [3.05, 3.63) is 59.4 Å². The van der Waals surface area contributed by atoms with Gasteiger partial charge in [0.1, 0.15) is 10.8 Å². The molecule has 1 aromatic heterocycles. The van der Waals surface area contributed by atoms with E-state index in [0.29, 0.717) is 16.2 Å². The number of carbonyl (C=O) groups excluding carboxylic acids is 1. The molecule has 1 N–H and O–H groups in total. The second-order valence-electron chi connectivity index (χ2n) is 7.33. The van der Waals surface area contributed by atoms with Gasteiger partial charge in [0.15, 0.2) is 10.9 Å². The van der Waals surface area contributed by atoms with E-state index in [4.69, 9.17) is 9.83 Å². The summed E-state index contributed by atoms with van der Waals surface area (Å²) < 4.78 is 5.92. The van der Waals surface area contributed by atoms with Crippen molar-refractivity contribution in [3.8, 4) is 0 Å². The predicted molar refractivity (Wildman–Crippen MR) is 122 cm³/mol. The van der Waals surface area contributed by atoms with Crippen molar-refractivity contribution in [1.82, 2.24) is 5.01 Å². The Morgan fingerprint density at radius 1 is 1.13 bits per heavy atom. The summed E-state index contributed by atoms with van der Waals surface area (Å²) in [5.74, 6) is 0.127. The van der Waals surface area contributed by atoms with Crippen molar-refractivity contribution in [1.29, 1.82) is 5.41 Å². The highest BCUT2D eigenvalue weighted by molar-refractivity contribution is 8.27. The number of hydrazone groups is 1. The Morgan fingerprint density at radius 3 is 2.73 bits per heavy atom. The van der Waals surface area contributed by atoms with Gasteiger partial charge in [0.25, 0.3) is 5.91 Å². The van der Waals surface area contributed by atoms with Gasteiger partial charge in [0, 0.05) is 10.8 Å². The smallest absolute Gasteiger partial charge is 0.283 e. The molecule has 3 heterocycles. The zero-order chi connectivity index (χ0) is 20.5. The fraction of sp³-hybridized carbons (Fsp3) is 0.273. The maximum Gasteiger partial charge on any atom is 0.283 e. The molecule has 152 valence electrons. The number of fused-ring (bicyclic) bond motifs is 1. The number of furan rings is 1. The summed E-state index contributed by atoms with van der Waals surface area (Å²) in [6.45, 7) is 0. The highest BCUT2D eigenvalue weighted by Crippen LogP contribution is 2.35. The molecule has 0 bridgehead atoms. The summed E-state index contributed by atoms with van der Waals surface area (Å²) in [7, 11) is 0. The molecule has 3 aliphatic rings. The van der Waals surface area contributed by atoms with Gasteiger partial charge >= 0.3 is 0 Å². The zero-order valence-corrected chi connectivity index (χ0v) is 17.8. The lowest BCUT2D eigenvalue weighted by Gasteiger charge is -2.20. The van der Waals surface area contributed by atoms with Gasteiger partial charge in [-0.25, -0.2) is 0 Å². The Labute approximate surface area is 183 Å². The minimum absolute atomic E-state index is 0.0151. The molecule has 30 heavy (non-hydrogen) atoms. The number of aliphatic imine (C=N–C) groups is 1. The van der Waals surface area contributed by atoms with Gasteiger partial charge in [-0.1, -0.05) is 61.4 Å². The van der Waals surface area contributed by atoms with E-state index in [-0.39, 0.29) is 11.4 Å². The first-order valence-corrected chi connectivity index (χ1v) is 11.7. The Bertz CT molecular complexity index is 1080. The largest absolute Gasteiger partial charge is 0.450 e. The van der Waals surface area contributed by atoms with Crippen LogP contribution in [-0.2, 0) is 4.79 Å². The lowest BCUT2D eigenvalue weighted by atomic mass is 10.0. The molecular formula is C22H20N4O2S2. The third kappa shape index (κ3) is 3.89. The Hall–Kier alpha value is -2.58. The van der Waals surface area contributed by atoms with E-state index >= 15 is 0 Å². The Kier molecular flexibility index (Phi) is 5.35. The first-order chi connectivity index (χ1) is 14.7. The summed E-state index contributed by atoms with van der Waals surface area (Å²) in [5, 5.41) is 17.0. The van der Waals surface area contributed by atoms with E-state index in [1.807, 2.05) is 42.5 Å². The van der Waals surface area contributed by atoms with E-state index in [1.54, 1.807) is 17.8 Å². The number of amides is 1. The molecule has 6 nitrogen and oxygen atoms in total. The van der Waals surface area contributed by atoms with Crippen LogP contribution < -0.4 is 0 Å². The molecule has 1 aliphatic carbocycles. The SMILES string of the molecule is N=C1/C(=C/c2ccc(SC3CCCCC3)o2)C(=O)N=C2SC(c3ccccc3)=NN12. The number of amidine groups is 2. The van der Waals surface area contributed by atoms with E-state index in [1.165, 1.54) is 48.9 Å². The molecule has 0 saturated heterocycles. The number of nitrogens with zero attached hydrogens (tertiary/aromatic N) is 3. The molecule has 0 spiro atoms. The third-order valence-corrected chi connectivity index (χ3v) is 7.41. The molecule has 5 rings (SSSR count). The molecule has 0 unspecified atom stereocenters. The van der Waals surface area contributed by atoms with E-state index in [0.717, 1.165) is 15.7 Å². The normalized spacial score (nSPS) is 21.1. The molecule has 0 radical (unpaired) electrons. The number of hydrogen-bond acceptors (Lipinski definition) is 6. The lowest BCUT2D eigenvalue weighted by molar-refractivity contribution is -0.114. The topological polar surface area (TPSA) is 82.0 Å². The van der Waals surface area contributed by atoms with Crippen molar-refractivity contribution in [2.75, 3.05) is 0 Å². The fourth-order valence-corrected chi connectivity index (χ4v) is 5.74. The van der Waals surface area contributed by atoms with E-state index in [2.05, 4.69) is 10.1 Å². The first kappa shape index (κ1) is 19.4. The van der Waals surface area contributed by atoms with E-state index in [9.17, 15) is 4.79 Å². The maximum absolute atomic E-state index is 12.6. The summed E-state index contributed by atoms with van der Waals surface area (Å²) >= 11 is 3.06. The van der Waals surface area contributed by atoms with Crippen LogP contribution in [0.3, 0.4) is 0 Å². The standard InChI is InChI=1S/C22H20N4O2S2/c23-19-17(13-15-11-12-18(28-15)29-16-9-5-2-6-10-16)20(27)24-22-26(19)25-21(30-22)14-7-3-1-4-8-14/h1,3-4,7-8,11-13,16,23H,2,5-6,9-10H2/b17-13-,23-19?. The average Bonchev–Trinajstić information content (AvgIpc) is 3.39. The van der Waals surface area contributed by atoms with Gasteiger partial charge in [-0.2, -0.15) is 15.1 Å². The van der Waals surface area contributed by atoms with Gasteiger partial charge < -0.3 is 4.42 Å². The average molecular weight is 437 g/mol. The van der Waals surface area contributed by atoms with Crippen LogP contribution in [0.1, 0.15) is 43.4 Å². The number of thioether (sulfide) groups is 2. The van der Waals surface area contributed by atoms with Crippen LogP contribution in [0.5, 0.6) is 0 Å². The van der Waals surface area contributed by atoms with E-state index < -0.39 is 5.91 Å². The highest BCUT2D eigenvalue weighted by atomic mass is 32.2. The second kappa shape index (κ2) is 8.28. The summed E-state index contributed by atoms with van der Waals surface area (Å²) in [6.07, 6.45) is 7.91. The van der Waals surface area contributed by atoms with Crippen LogP contribution in [0.15, 0.2) is 67.6 Å². The van der Waals surface area contributed by atoms with Crippen LogP contribution in [-0.4, -0.2) is 32.2 Å². The maximum atomic E-state index is 12.6. The molecular weight excluding hydrogens is 416 g/mol. The highest BCUT2D eigenvalue weighted by Gasteiger charge is 2.36. The van der Waals surface area contributed by atoms with Crippen molar-refractivity contribution in [2.24, 2.45) is 10.1 Å². The summed E-state index contributed by atoms with van der Waals surface area (Å²) in [4.78, 5) is 16.7. The van der Waals surface area contributed by atoms with Crippen molar-refractivity contribution >= 4 is 51.6 Å². The number of nitrogens with one attached hydrogen (secondary N) is 1. The summed E-state index contributed by atoms with van der Waals surface area (Å²) in [5.41, 5.74) is 1.11.